The highest BCUT2D eigenvalue weighted by Gasteiger charge is 2.45. The molecule has 0 unspecified atom stereocenters. The van der Waals surface area contributed by atoms with Gasteiger partial charge in [0.2, 0.25) is 11.8 Å². The van der Waals surface area contributed by atoms with Gasteiger partial charge in [-0.15, -0.1) is 0 Å². The van der Waals surface area contributed by atoms with Gasteiger partial charge in [0.15, 0.2) is 0 Å². The van der Waals surface area contributed by atoms with Crippen LogP contribution in [0.3, 0.4) is 0 Å². The summed E-state index contributed by atoms with van der Waals surface area (Å²) in [7, 11) is 0. The number of carbonyl (C=O) groups is 3. The van der Waals surface area contributed by atoms with E-state index in [0.29, 0.717) is 0 Å². The van der Waals surface area contributed by atoms with Gasteiger partial charge in [0, 0.05) is 12.6 Å². The zero-order valence-electron chi connectivity index (χ0n) is 12.3. The van der Waals surface area contributed by atoms with Gasteiger partial charge in [0.1, 0.15) is 23.7 Å². The zero-order valence-corrected chi connectivity index (χ0v) is 12.3. The average Bonchev–Trinajstić information content (AvgIpc) is 2.92. The van der Waals surface area contributed by atoms with E-state index in [1.54, 1.807) is 6.92 Å². The Hall–Kier alpha value is -2.51. The van der Waals surface area contributed by atoms with Crippen molar-refractivity contribution < 1.29 is 23.2 Å². The molecule has 0 radical (unpaired) electrons. The van der Waals surface area contributed by atoms with Gasteiger partial charge in [-0.1, -0.05) is 0 Å². The lowest BCUT2D eigenvalue weighted by atomic mass is 10.1. The lowest BCUT2D eigenvalue weighted by molar-refractivity contribution is -0.146. The minimum atomic E-state index is -0.831. The summed E-state index contributed by atoms with van der Waals surface area (Å²) in [4.78, 5) is 37.4. The molecule has 0 aromatic heterocycles. The Kier molecular flexibility index (Phi) is 3.75. The Morgan fingerprint density at radius 2 is 2.09 bits per heavy atom. The molecule has 6 nitrogen and oxygen atoms in total. The van der Waals surface area contributed by atoms with Gasteiger partial charge < -0.3 is 15.5 Å². The largest absolute Gasteiger partial charge is 0.347 e. The van der Waals surface area contributed by atoms with Crippen LogP contribution in [-0.4, -0.2) is 47.3 Å². The maximum Gasteiger partial charge on any atom is 0.254 e. The van der Waals surface area contributed by atoms with Crippen LogP contribution in [0.4, 0.5) is 8.78 Å². The summed E-state index contributed by atoms with van der Waals surface area (Å²) in [6, 6.07) is 0.880. The molecule has 122 valence electrons. The van der Waals surface area contributed by atoms with E-state index >= 15 is 0 Å². The molecule has 0 spiro atoms. The molecule has 0 bridgehead atoms. The molecule has 2 aliphatic rings. The van der Waals surface area contributed by atoms with Crippen LogP contribution in [0.2, 0.25) is 0 Å². The standard InChI is InChI=1S/C15H15F2N3O3/c1-7-15(23)20-6-9(5-12(20)14(22)18-7)19-13(21)10-4-8(16)2-3-11(10)17/h2-4,7,9,12H,5-6H2,1H3,(H,18,22)(H,19,21)/t7-,9+,12+/m1/s1. The van der Waals surface area contributed by atoms with Crippen molar-refractivity contribution >= 4 is 17.7 Å². The third kappa shape index (κ3) is 2.76. The Morgan fingerprint density at radius 1 is 1.35 bits per heavy atom. The van der Waals surface area contributed by atoms with Crippen molar-refractivity contribution in [3.05, 3.63) is 35.4 Å². The van der Waals surface area contributed by atoms with Crippen molar-refractivity contribution in [1.82, 2.24) is 15.5 Å². The highest BCUT2D eigenvalue weighted by Crippen LogP contribution is 2.23. The minimum Gasteiger partial charge on any atom is -0.347 e. The third-order valence-corrected chi connectivity index (χ3v) is 4.12. The Morgan fingerprint density at radius 3 is 2.83 bits per heavy atom. The van der Waals surface area contributed by atoms with Crippen molar-refractivity contribution in [2.24, 2.45) is 0 Å². The summed E-state index contributed by atoms with van der Waals surface area (Å²) >= 11 is 0. The maximum absolute atomic E-state index is 13.6. The molecule has 2 saturated heterocycles. The molecular weight excluding hydrogens is 308 g/mol. The molecule has 1 aromatic rings. The van der Waals surface area contributed by atoms with Crippen molar-refractivity contribution in [2.75, 3.05) is 6.54 Å². The fourth-order valence-electron chi connectivity index (χ4n) is 2.99. The van der Waals surface area contributed by atoms with E-state index in [2.05, 4.69) is 10.6 Å². The summed E-state index contributed by atoms with van der Waals surface area (Å²) in [5, 5.41) is 5.13. The summed E-state index contributed by atoms with van der Waals surface area (Å²) in [6.07, 6.45) is 0.243. The second-order valence-electron chi connectivity index (χ2n) is 5.77. The summed E-state index contributed by atoms with van der Waals surface area (Å²) in [6.45, 7) is 1.76. The fourth-order valence-corrected chi connectivity index (χ4v) is 2.99. The second-order valence-corrected chi connectivity index (χ2v) is 5.77. The van der Waals surface area contributed by atoms with Gasteiger partial charge in [-0.05, 0) is 31.5 Å². The highest BCUT2D eigenvalue weighted by molar-refractivity contribution is 5.98. The zero-order chi connectivity index (χ0) is 16.7. The van der Waals surface area contributed by atoms with Crippen LogP contribution in [0.5, 0.6) is 0 Å². The minimum absolute atomic E-state index is 0.171. The lowest BCUT2D eigenvalue weighted by Gasteiger charge is -2.32. The molecule has 3 amide bonds. The third-order valence-electron chi connectivity index (χ3n) is 4.12. The average molecular weight is 323 g/mol. The van der Waals surface area contributed by atoms with E-state index in [9.17, 15) is 23.2 Å². The van der Waals surface area contributed by atoms with Crippen LogP contribution in [0.25, 0.3) is 0 Å². The van der Waals surface area contributed by atoms with Crippen molar-refractivity contribution in [1.29, 1.82) is 0 Å². The number of rotatable bonds is 2. The lowest BCUT2D eigenvalue weighted by Crippen LogP contribution is -2.60. The van der Waals surface area contributed by atoms with Crippen LogP contribution in [-0.2, 0) is 9.59 Å². The van der Waals surface area contributed by atoms with Crippen LogP contribution in [0.1, 0.15) is 23.7 Å². The first-order valence-electron chi connectivity index (χ1n) is 7.23. The van der Waals surface area contributed by atoms with Crippen LogP contribution >= 0.6 is 0 Å². The molecule has 3 atom stereocenters. The smallest absolute Gasteiger partial charge is 0.254 e. The van der Waals surface area contributed by atoms with Crippen LogP contribution in [0, 0.1) is 11.6 Å². The number of piperazine rings is 1. The number of carbonyl (C=O) groups excluding carboxylic acids is 3. The summed E-state index contributed by atoms with van der Waals surface area (Å²) in [5.41, 5.74) is -0.404. The highest BCUT2D eigenvalue weighted by atomic mass is 19.1. The molecule has 1 aromatic carbocycles. The molecule has 2 heterocycles. The number of fused-ring (bicyclic) bond motifs is 1. The Balaban J connectivity index is 1.72. The predicted octanol–water partition coefficient (Wildman–Crippen LogP) is 0.182. The van der Waals surface area contributed by atoms with E-state index in [1.165, 1.54) is 4.90 Å². The monoisotopic (exact) mass is 323 g/mol. The molecule has 0 saturated carbocycles. The van der Waals surface area contributed by atoms with Crippen molar-refractivity contribution in [3.8, 4) is 0 Å². The molecule has 0 aliphatic carbocycles. The summed E-state index contributed by atoms with van der Waals surface area (Å²) in [5.74, 6) is -2.81. The molecule has 2 N–H and O–H groups in total. The first-order valence-corrected chi connectivity index (χ1v) is 7.23. The molecular formula is C15H15F2N3O3. The first kappa shape index (κ1) is 15.4. The molecule has 8 heteroatoms. The quantitative estimate of drug-likeness (QED) is 0.815. The fraction of sp³-hybridized carbons (Fsp3) is 0.400. The summed E-state index contributed by atoms with van der Waals surface area (Å²) < 4.78 is 26.8. The van der Waals surface area contributed by atoms with Gasteiger partial charge >= 0.3 is 0 Å². The van der Waals surface area contributed by atoms with Crippen LogP contribution < -0.4 is 10.6 Å². The molecule has 3 rings (SSSR count). The number of nitrogens with zero attached hydrogens (tertiary/aromatic N) is 1. The van der Waals surface area contributed by atoms with Gasteiger partial charge in [-0.3, -0.25) is 14.4 Å². The molecule has 2 fully saturated rings. The van der Waals surface area contributed by atoms with Gasteiger partial charge in [0.05, 0.1) is 5.56 Å². The number of nitrogens with one attached hydrogen (secondary N) is 2. The van der Waals surface area contributed by atoms with Crippen molar-refractivity contribution in [3.63, 3.8) is 0 Å². The maximum atomic E-state index is 13.6. The topological polar surface area (TPSA) is 78.5 Å². The number of benzene rings is 1. The Labute approximate surface area is 130 Å². The van der Waals surface area contributed by atoms with Crippen molar-refractivity contribution in [2.45, 2.75) is 31.5 Å². The van der Waals surface area contributed by atoms with Gasteiger partial charge in [0.25, 0.3) is 5.91 Å². The SMILES string of the molecule is C[C@H]1NC(=O)[C@@H]2C[C@H](NC(=O)c3cc(F)ccc3F)CN2C1=O. The number of hydrogen-bond donors (Lipinski definition) is 2. The van der Waals surface area contributed by atoms with Gasteiger partial charge in [-0.2, -0.15) is 0 Å². The van der Waals surface area contributed by atoms with E-state index in [0.717, 1.165) is 18.2 Å². The normalized spacial score (nSPS) is 26.7. The molecule has 23 heavy (non-hydrogen) atoms. The number of halogens is 2. The van der Waals surface area contributed by atoms with E-state index in [-0.39, 0.29) is 24.8 Å². The van der Waals surface area contributed by atoms with Crippen LogP contribution in [0.15, 0.2) is 18.2 Å². The molecule has 2 aliphatic heterocycles. The van der Waals surface area contributed by atoms with E-state index in [4.69, 9.17) is 0 Å². The number of hydrogen-bond acceptors (Lipinski definition) is 3. The van der Waals surface area contributed by atoms with Gasteiger partial charge in [-0.25, -0.2) is 8.78 Å². The van der Waals surface area contributed by atoms with E-state index in [1.807, 2.05) is 0 Å². The predicted molar refractivity (Wildman–Crippen MR) is 75.3 cm³/mol. The number of amides is 3. The van der Waals surface area contributed by atoms with E-state index < -0.39 is 41.2 Å². The second kappa shape index (κ2) is 5.60. The Bertz CT molecular complexity index is 695. The first-order chi connectivity index (χ1) is 10.9.